The van der Waals surface area contributed by atoms with Gasteiger partial charge in [-0.2, -0.15) is 5.26 Å². The summed E-state index contributed by atoms with van der Waals surface area (Å²) in [6.07, 6.45) is 4.81. The zero-order chi connectivity index (χ0) is 12.1. The van der Waals surface area contributed by atoms with E-state index in [1.165, 1.54) is 5.57 Å². The minimum atomic E-state index is 0.598. The van der Waals surface area contributed by atoms with Gasteiger partial charge in [0.2, 0.25) is 0 Å². The van der Waals surface area contributed by atoms with E-state index in [2.05, 4.69) is 22.0 Å². The predicted octanol–water partition coefficient (Wildman–Crippen LogP) is 1.74. The van der Waals surface area contributed by atoms with Gasteiger partial charge >= 0.3 is 0 Å². The first-order valence-electron chi connectivity index (χ1n) is 5.61. The molecule has 0 fully saturated rings. The molecule has 0 saturated heterocycles. The lowest BCUT2D eigenvalue weighted by Crippen LogP contribution is -2.29. The molecule has 2 heterocycles. The lowest BCUT2D eigenvalue weighted by atomic mass is 10.1. The highest BCUT2D eigenvalue weighted by atomic mass is 16.5. The Morgan fingerprint density at radius 1 is 1.53 bits per heavy atom. The highest BCUT2D eigenvalue weighted by Crippen LogP contribution is 2.17. The van der Waals surface area contributed by atoms with Gasteiger partial charge in [-0.15, -0.1) is 0 Å². The van der Waals surface area contributed by atoms with Crippen molar-refractivity contribution < 1.29 is 4.74 Å². The van der Waals surface area contributed by atoms with Crippen molar-refractivity contribution in [1.82, 2.24) is 4.98 Å². The lowest BCUT2D eigenvalue weighted by molar-refractivity contribution is 0.222. The number of pyridine rings is 1. The Balaban J connectivity index is 2.03. The van der Waals surface area contributed by atoms with Gasteiger partial charge in [0.15, 0.2) is 0 Å². The Kier molecular flexibility index (Phi) is 3.73. The van der Waals surface area contributed by atoms with Crippen molar-refractivity contribution in [3.05, 3.63) is 35.5 Å². The number of rotatable bonds is 3. The van der Waals surface area contributed by atoms with Crippen molar-refractivity contribution in [3.63, 3.8) is 0 Å². The molecule has 1 aliphatic rings. The highest BCUT2D eigenvalue weighted by Gasteiger charge is 2.12. The molecule has 4 nitrogen and oxygen atoms in total. The highest BCUT2D eigenvalue weighted by molar-refractivity contribution is 5.43. The quantitative estimate of drug-likeness (QED) is 0.741. The van der Waals surface area contributed by atoms with Crippen molar-refractivity contribution >= 4 is 5.82 Å². The summed E-state index contributed by atoms with van der Waals surface area (Å²) in [5, 5.41) is 8.71. The molecule has 0 saturated carbocycles. The zero-order valence-corrected chi connectivity index (χ0v) is 9.89. The van der Waals surface area contributed by atoms with Crippen molar-refractivity contribution in [2.75, 3.05) is 31.7 Å². The van der Waals surface area contributed by atoms with Crippen LogP contribution in [0, 0.1) is 11.3 Å². The van der Waals surface area contributed by atoms with E-state index >= 15 is 0 Å². The maximum Gasteiger partial charge on any atom is 0.128 e. The summed E-state index contributed by atoms with van der Waals surface area (Å²) >= 11 is 0. The molecular formula is C13H15N3O. The molecule has 0 unspecified atom stereocenters. The van der Waals surface area contributed by atoms with Gasteiger partial charge in [-0.1, -0.05) is 6.08 Å². The summed E-state index contributed by atoms with van der Waals surface area (Å²) in [7, 11) is 1.72. The summed E-state index contributed by atoms with van der Waals surface area (Å²) < 4.78 is 5.11. The van der Waals surface area contributed by atoms with Crippen LogP contribution < -0.4 is 4.90 Å². The number of anilines is 1. The van der Waals surface area contributed by atoms with Crippen LogP contribution in [0.5, 0.6) is 0 Å². The van der Waals surface area contributed by atoms with Gasteiger partial charge in [0.1, 0.15) is 11.9 Å². The molecule has 2 rings (SSSR count). The third-order valence-corrected chi connectivity index (χ3v) is 2.83. The molecule has 1 aromatic heterocycles. The SMILES string of the molecule is COCC1=CCN(c2ccc(C#N)cn2)CC1. The minimum absolute atomic E-state index is 0.598. The predicted molar refractivity (Wildman–Crippen MR) is 65.7 cm³/mol. The van der Waals surface area contributed by atoms with Crippen molar-refractivity contribution in [2.45, 2.75) is 6.42 Å². The second kappa shape index (κ2) is 5.46. The van der Waals surface area contributed by atoms with Gasteiger partial charge in [0, 0.05) is 26.4 Å². The Hall–Kier alpha value is -1.86. The van der Waals surface area contributed by atoms with Crippen LogP contribution in [0.2, 0.25) is 0 Å². The van der Waals surface area contributed by atoms with Crippen molar-refractivity contribution in [1.29, 1.82) is 5.26 Å². The number of hydrogen-bond donors (Lipinski definition) is 0. The second-order valence-electron chi connectivity index (χ2n) is 4.01. The molecule has 1 aromatic rings. The Labute approximate surface area is 101 Å². The fourth-order valence-electron chi connectivity index (χ4n) is 1.88. The average molecular weight is 229 g/mol. The third kappa shape index (κ3) is 2.83. The standard InChI is InChI=1S/C13H15N3O/c1-17-10-11-4-6-16(7-5-11)13-3-2-12(8-14)9-15-13/h2-4,9H,5-7,10H2,1H3. The van der Waals surface area contributed by atoms with E-state index in [1.807, 2.05) is 6.07 Å². The molecule has 17 heavy (non-hydrogen) atoms. The van der Waals surface area contributed by atoms with Crippen molar-refractivity contribution in [3.8, 4) is 6.07 Å². The van der Waals surface area contributed by atoms with Crippen LogP contribution in [0.1, 0.15) is 12.0 Å². The summed E-state index contributed by atoms with van der Waals surface area (Å²) in [6, 6.07) is 5.77. The van der Waals surface area contributed by atoms with E-state index in [9.17, 15) is 0 Å². The summed E-state index contributed by atoms with van der Waals surface area (Å²) in [5.41, 5.74) is 1.94. The van der Waals surface area contributed by atoms with E-state index in [-0.39, 0.29) is 0 Å². The van der Waals surface area contributed by atoms with E-state index in [0.29, 0.717) is 12.2 Å². The molecule has 0 N–H and O–H groups in total. The fourth-order valence-corrected chi connectivity index (χ4v) is 1.88. The molecule has 0 aromatic carbocycles. The molecule has 0 bridgehead atoms. The molecule has 4 heteroatoms. The van der Waals surface area contributed by atoms with Gasteiger partial charge in [0.05, 0.1) is 12.2 Å². The monoisotopic (exact) mass is 229 g/mol. The molecule has 0 atom stereocenters. The maximum atomic E-state index is 8.71. The Morgan fingerprint density at radius 2 is 2.41 bits per heavy atom. The van der Waals surface area contributed by atoms with Gasteiger partial charge in [-0.3, -0.25) is 0 Å². The van der Waals surface area contributed by atoms with Gasteiger partial charge in [0.25, 0.3) is 0 Å². The van der Waals surface area contributed by atoms with Crippen LogP contribution in [-0.4, -0.2) is 31.8 Å². The van der Waals surface area contributed by atoms with Crippen LogP contribution in [0.15, 0.2) is 30.0 Å². The summed E-state index contributed by atoms with van der Waals surface area (Å²) in [5.74, 6) is 0.928. The minimum Gasteiger partial charge on any atom is -0.380 e. The molecule has 0 aliphatic carbocycles. The van der Waals surface area contributed by atoms with Gasteiger partial charge in [-0.05, 0) is 24.1 Å². The zero-order valence-electron chi connectivity index (χ0n) is 9.89. The largest absolute Gasteiger partial charge is 0.380 e. The van der Waals surface area contributed by atoms with E-state index in [0.717, 1.165) is 25.3 Å². The number of methoxy groups -OCH3 is 1. The first-order chi connectivity index (χ1) is 8.33. The molecule has 88 valence electrons. The number of nitriles is 1. The van der Waals surface area contributed by atoms with Gasteiger partial charge in [-0.25, -0.2) is 4.98 Å². The van der Waals surface area contributed by atoms with E-state index in [1.54, 1.807) is 19.4 Å². The first kappa shape index (κ1) is 11.6. The van der Waals surface area contributed by atoms with E-state index in [4.69, 9.17) is 10.00 Å². The number of hydrogen-bond acceptors (Lipinski definition) is 4. The van der Waals surface area contributed by atoms with Crippen LogP contribution >= 0.6 is 0 Å². The number of ether oxygens (including phenoxy) is 1. The van der Waals surface area contributed by atoms with Crippen LogP contribution in [0.25, 0.3) is 0 Å². The summed E-state index contributed by atoms with van der Waals surface area (Å²) in [6.45, 7) is 2.53. The second-order valence-corrected chi connectivity index (χ2v) is 4.01. The van der Waals surface area contributed by atoms with Crippen molar-refractivity contribution in [2.24, 2.45) is 0 Å². The maximum absolute atomic E-state index is 8.71. The summed E-state index contributed by atoms with van der Waals surface area (Å²) in [4.78, 5) is 6.48. The number of nitrogens with zero attached hydrogens (tertiary/aromatic N) is 3. The van der Waals surface area contributed by atoms with E-state index < -0.39 is 0 Å². The molecule has 1 aliphatic heterocycles. The Bertz CT molecular complexity index is 445. The lowest BCUT2D eigenvalue weighted by Gasteiger charge is -2.27. The normalized spacial score (nSPS) is 15.3. The van der Waals surface area contributed by atoms with Crippen LogP contribution in [0.4, 0.5) is 5.82 Å². The third-order valence-electron chi connectivity index (χ3n) is 2.83. The van der Waals surface area contributed by atoms with Crippen LogP contribution in [-0.2, 0) is 4.74 Å². The topological polar surface area (TPSA) is 49.1 Å². The fraction of sp³-hybridized carbons (Fsp3) is 0.385. The van der Waals surface area contributed by atoms with Gasteiger partial charge < -0.3 is 9.64 Å². The molecule has 0 radical (unpaired) electrons. The molecular weight excluding hydrogens is 214 g/mol. The first-order valence-corrected chi connectivity index (χ1v) is 5.61. The Morgan fingerprint density at radius 3 is 2.94 bits per heavy atom. The molecule has 0 amide bonds. The van der Waals surface area contributed by atoms with Crippen LogP contribution in [0.3, 0.4) is 0 Å². The smallest absolute Gasteiger partial charge is 0.128 e. The average Bonchev–Trinajstić information content (AvgIpc) is 2.40. The molecule has 0 spiro atoms. The number of aromatic nitrogens is 1.